The molecule has 0 saturated carbocycles. The van der Waals surface area contributed by atoms with Crippen LogP contribution in [-0.4, -0.2) is 39.6 Å². The van der Waals surface area contributed by atoms with Crippen LogP contribution in [0.3, 0.4) is 0 Å². The number of rotatable bonds is 7. The normalized spacial score (nSPS) is 11.7. The molecule has 0 radical (unpaired) electrons. The number of ether oxygens (including phenoxy) is 4. The number of hydrogen-bond acceptors (Lipinski definition) is 7. The number of hydrogen-bond donors (Lipinski definition) is 1. The SMILES string of the molecule is COC(=O)Oc1ccc(C=NNC(=O)[C@@H](OC)c2ccccc2)cc1OC. The molecule has 0 spiro atoms. The van der Waals surface area contributed by atoms with Crippen LogP contribution >= 0.6 is 0 Å². The lowest BCUT2D eigenvalue weighted by Crippen LogP contribution is -2.26. The molecule has 0 aliphatic rings. The molecule has 0 aliphatic carbocycles. The summed E-state index contributed by atoms with van der Waals surface area (Å²) in [6, 6.07) is 13.9. The maximum atomic E-state index is 12.3. The number of nitrogens with one attached hydrogen (secondary N) is 1. The third-order valence-electron chi connectivity index (χ3n) is 3.51. The van der Waals surface area contributed by atoms with Crippen molar-refractivity contribution in [2.75, 3.05) is 21.3 Å². The van der Waals surface area contributed by atoms with E-state index in [1.54, 1.807) is 24.3 Å². The van der Waals surface area contributed by atoms with E-state index in [2.05, 4.69) is 15.3 Å². The number of methoxy groups -OCH3 is 3. The van der Waals surface area contributed by atoms with Crippen molar-refractivity contribution in [2.24, 2.45) is 5.10 Å². The Kier molecular flexibility index (Phi) is 7.33. The van der Waals surface area contributed by atoms with Gasteiger partial charge in [-0.2, -0.15) is 5.10 Å². The fourth-order valence-corrected chi connectivity index (χ4v) is 2.23. The number of carbonyl (C=O) groups excluding carboxylic acids is 2. The zero-order chi connectivity index (χ0) is 19.6. The molecule has 2 aromatic carbocycles. The lowest BCUT2D eigenvalue weighted by Gasteiger charge is -2.13. The van der Waals surface area contributed by atoms with E-state index in [1.165, 1.54) is 33.6 Å². The zero-order valence-electron chi connectivity index (χ0n) is 15.2. The monoisotopic (exact) mass is 372 g/mol. The topological polar surface area (TPSA) is 95.5 Å². The first-order valence-electron chi connectivity index (χ1n) is 7.93. The number of carbonyl (C=O) groups is 2. The minimum atomic E-state index is -0.853. The van der Waals surface area contributed by atoms with Gasteiger partial charge in [0.2, 0.25) is 0 Å². The first-order chi connectivity index (χ1) is 13.1. The molecule has 8 heteroatoms. The molecule has 1 amide bonds. The Bertz CT molecular complexity index is 807. The van der Waals surface area contributed by atoms with Crippen LogP contribution < -0.4 is 14.9 Å². The van der Waals surface area contributed by atoms with E-state index in [0.717, 1.165) is 5.56 Å². The number of nitrogens with zero attached hydrogens (tertiary/aromatic N) is 1. The highest BCUT2D eigenvalue weighted by molar-refractivity contribution is 5.85. The molecule has 0 fully saturated rings. The molecule has 8 nitrogen and oxygen atoms in total. The van der Waals surface area contributed by atoms with Crippen LogP contribution in [0.15, 0.2) is 53.6 Å². The van der Waals surface area contributed by atoms with Gasteiger partial charge in [0.1, 0.15) is 0 Å². The van der Waals surface area contributed by atoms with Gasteiger partial charge in [-0.25, -0.2) is 10.2 Å². The molecule has 0 saturated heterocycles. The molecular weight excluding hydrogens is 352 g/mol. The molecule has 1 N–H and O–H groups in total. The standard InChI is InChI=1S/C19H20N2O6/c1-24-16-11-13(9-10-15(16)27-19(23)26-3)12-20-21-18(22)17(25-2)14-7-5-4-6-8-14/h4-12,17H,1-3H3,(H,21,22)/t17-/m0/s1. The van der Waals surface area contributed by atoms with Gasteiger partial charge in [-0.3, -0.25) is 4.79 Å². The lowest BCUT2D eigenvalue weighted by atomic mass is 10.1. The predicted molar refractivity (Wildman–Crippen MR) is 98.0 cm³/mol. The first-order valence-corrected chi connectivity index (χ1v) is 7.93. The van der Waals surface area contributed by atoms with Crippen LogP contribution in [0.25, 0.3) is 0 Å². The summed E-state index contributed by atoms with van der Waals surface area (Å²) < 4.78 is 19.8. The lowest BCUT2D eigenvalue weighted by molar-refractivity contribution is -0.131. The van der Waals surface area contributed by atoms with E-state index in [0.29, 0.717) is 11.3 Å². The second kappa shape index (κ2) is 9.93. The quantitative estimate of drug-likeness (QED) is 0.347. The second-order valence-corrected chi connectivity index (χ2v) is 5.23. The maximum Gasteiger partial charge on any atom is 0.513 e. The Labute approximate surface area is 156 Å². The predicted octanol–water partition coefficient (Wildman–Crippen LogP) is 2.68. The molecule has 27 heavy (non-hydrogen) atoms. The number of amides is 1. The average Bonchev–Trinajstić information content (AvgIpc) is 2.70. The summed E-state index contributed by atoms with van der Waals surface area (Å²) in [6.07, 6.45) is -0.192. The van der Waals surface area contributed by atoms with E-state index in [4.69, 9.17) is 14.2 Å². The summed E-state index contributed by atoms with van der Waals surface area (Å²) in [5, 5.41) is 3.93. The van der Waals surface area contributed by atoms with Gasteiger partial charge in [0.05, 0.1) is 20.4 Å². The second-order valence-electron chi connectivity index (χ2n) is 5.23. The molecule has 0 bridgehead atoms. The fraction of sp³-hybridized carbons (Fsp3) is 0.211. The Hall–Kier alpha value is -3.39. The Morgan fingerprint density at radius 1 is 1.04 bits per heavy atom. The molecule has 2 aromatic rings. The van der Waals surface area contributed by atoms with E-state index in [9.17, 15) is 9.59 Å². The fourth-order valence-electron chi connectivity index (χ4n) is 2.23. The van der Waals surface area contributed by atoms with Gasteiger partial charge in [-0.1, -0.05) is 30.3 Å². The van der Waals surface area contributed by atoms with Gasteiger partial charge >= 0.3 is 6.16 Å². The van der Waals surface area contributed by atoms with Crippen molar-refractivity contribution in [1.29, 1.82) is 0 Å². The summed E-state index contributed by atoms with van der Waals surface area (Å²) >= 11 is 0. The molecule has 0 unspecified atom stereocenters. The van der Waals surface area contributed by atoms with E-state index < -0.39 is 18.2 Å². The highest BCUT2D eigenvalue weighted by Gasteiger charge is 2.19. The number of benzene rings is 2. The van der Waals surface area contributed by atoms with Gasteiger partial charge in [0.25, 0.3) is 5.91 Å². The van der Waals surface area contributed by atoms with E-state index in [1.807, 2.05) is 18.2 Å². The van der Waals surface area contributed by atoms with Gasteiger partial charge < -0.3 is 18.9 Å². The van der Waals surface area contributed by atoms with Crippen molar-refractivity contribution in [1.82, 2.24) is 5.43 Å². The van der Waals surface area contributed by atoms with Crippen molar-refractivity contribution < 1.29 is 28.5 Å². The van der Waals surface area contributed by atoms with Crippen molar-refractivity contribution in [2.45, 2.75) is 6.10 Å². The van der Waals surface area contributed by atoms with Gasteiger partial charge in [0, 0.05) is 7.11 Å². The smallest absolute Gasteiger partial charge is 0.493 e. The largest absolute Gasteiger partial charge is 0.513 e. The van der Waals surface area contributed by atoms with Crippen LogP contribution in [-0.2, 0) is 14.3 Å². The molecular formula is C19H20N2O6. The summed E-state index contributed by atoms with van der Waals surface area (Å²) in [5.41, 5.74) is 3.78. The van der Waals surface area contributed by atoms with E-state index in [-0.39, 0.29) is 5.75 Å². The molecule has 0 heterocycles. The molecule has 1 atom stereocenters. The summed E-state index contributed by atoms with van der Waals surface area (Å²) in [7, 11) is 4.10. The van der Waals surface area contributed by atoms with Crippen molar-refractivity contribution in [3.05, 3.63) is 59.7 Å². The summed E-state index contributed by atoms with van der Waals surface area (Å²) in [5.74, 6) is 0.112. The Morgan fingerprint density at radius 3 is 2.41 bits per heavy atom. The third kappa shape index (κ3) is 5.55. The Morgan fingerprint density at radius 2 is 1.78 bits per heavy atom. The average molecular weight is 372 g/mol. The Balaban J connectivity index is 2.04. The van der Waals surface area contributed by atoms with Crippen molar-refractivity contribution in [3.63, 3.8) is 0 Å². The summed E-state index contributed by atoms with van der Waals surface area (Å²) in [4.78, 5) is 23.5. The van der Waals surface area contributed by atoms with Crippen LogP contribution in [0, 0.1) is 0 Å². The molecule has 0 aromatic heterocycles. The van der Waals surface area contributed by atoms with Gasteiger partial charge in [-0.05, 0) is 29.3 Å². The van der Waals surface area contributed by atoms with Crippen molar-refractivity contribution >= 4 is 18.3 Å². The minimum Gasteiger partial charge on any atom is -0.493 e. The van der Waals surface area contributed by atoms with E-state index >= 15 is 0 Å². The van der Waals surface area contributed by atoms with Gasteiger partial charge in [-0.15, -0.1) is 0 Å². The highest BCUT2D eigenvalue weighted by Crippen LogP contribution is 2.27. The van der Waals surface area contributed by atoms with Gasteiger partial charge in [0.15, 0.2) is 17.6 Å². The van der Waals surface area contributed by atoms with Crippen LogP contribution in [0.4, 0.5) is 4.79 Å². The molecule has 2 rings (SSSR count). The maximum absolute atomic E-state index is 12.3. The van der Waals surface area contributed by atoms with Crippen molar-refractivity contribution in [3.8, 4) is 11.5 Å². The molecule has 0 aliphatic heterocycles. The highest BCUT2D eigenvalue weighted by atomic mass is 16.7. The van der Waals surface area contributed by atoms with Crippen LogP contribution in [0.1, 0.15) is 17.2 Å². The van der Waals surface area contributed by atoms with Crippen LogP contribution in [0.2, 0.25) is 0 Å². The first kappa shape index (κ1) is 19.9. The zero-order valence-corrected chi connectivity index (χ0v) is 15.2. The number of hydrazone groups is 1. The molecule has 142 valence electrons. The van der Waals surface area contributed by atoms with Crippen LogP contribution in [0.5, 0.6) is 11.5 Å². The third-order valence-corrected chi connectivity index (χ3v) is 3.51. The minimum absolute atomic E-state index is 0.203. The summed E-state index contributed by atoms with van der Waals surface area (Å²) in [6.45, 7) is 0.